The second-order valence-electron chi connectivity index (χ2n) is 14.8. The minimum atomic E-state index is 0.340. The van der Waals surface area contributed by atoms with Gasteiger partial charge >= 0.3 is 0 Å². The average Bonchev–Trinajstić information content (AvgIpc) is 3.32. The van der Waals surface area contributed by atoms with Crippen LogP contribution in [-0.4, -0.2) is 59.0 Å². The molecule has 0 amide bonds. The third kappa shape index (κ3) is 8.35. The number of fused-ring (bicyclic) bond motifs is 5. The lowest BCUT2D eigenvalue weighted by Crippen LogP contribution is -2.51. The summed E-state index contributed by atoms with van der Waals surface area (Å²) in [5.74, 6) is 5.36. The molecule has 0 aromatic heterocycles. The third-order valence-corrected chi connectivity index (χ3v) is 12.0. The molecule has 5 nitrogen and oxygen atoms in total. The largest absolute Gasteiger partial charge is 0.444 e. The second-order valence-corrected chi connectivity index (χ2v) is 14.8. The molecular weight excluding hydrogens is 524 g/mol. The van der Waals surface area contributed by atoms with Crippen LogP contribution >= 0.6 is 0 Å². The van der Waals surface area contributed by atoms with E-state index < -0.39 is 0 Å². The van der Waals surface area contributed by atoms with Crippen molar-refractivity contribution >= 4 is 0 Å². The van der Waals surface area contributed by atoms with Crippen LogP contribution in [-0.2, 0) is 23.7 Å². The summed E-state index contributed by atoms with van der Waals surface area (Å²) in [6.07, 6.45) is 25.1. The van der Waals surface area contributed by atoms with Gasteiger partial charge in [0.15, 0.2) is 0 Å². The maximum absolute atomic E-state index is 6.32. The van der Waals surface area contributed by atoms with Crippen molar-refractivity contribution in [3.63, 3.8) is 0 Å². The van der Waals surface area contributed by atoms with E-state index in [1.54, 1.807) is 5.57 Å². The normalized spacial score (nSPS) is 34.7. The smallest absolute Gasteiger partial charge is 0.123 e. The highest BCUT2D eigenvalue weighted by Crippen LogP contribution is 2.67. The molecule has 0 unspecified atom stereocenters. The summed E-state index contributed by atoms with van der Waals surface area (Å²) in [5.41, 5.74) is 2.66. The SMILES string of the molecule is C#COCCOCCOCCOCCO[C@H]1CC[C@@]2(C)C(=CC[C@H]3[C@@H]4CC[C@H]([C@H](C)CCCC(C)C)[C@@]4(C)CC[C@@H]32)C1. The Labute approximate surface area is 258 Å². The van der Waals surface area contributed by atoms with Gasteiger partial charge < -0.3 is 23.7 Å². The molecule has 5 heteroatoms. The molecule has 0 N–H and O–H groups in total. The predicted molar refractivity (Wildman–Crippen MR) is 170 cm³/mol. The van der Waals surface area contributed by atoms with E-state index >= 15 is 0 Å². The van der Waals surface area contributed by atoms with Crippen LogP contribution in [0.1, 0.15) is 105 Å². The van der Waals surface area contributed by atoms with Gasteiger partial charge in [0.05, 0.1) is 52.4 Å². The van der Waals surface area contributed by atoms with E-state index in [1.807, 2.05) is 0 Å². The van der Waals surface area contributed by atoms with Gasteiger partial charge in [-0.2, -0.15) is 0 Å². The van der Waals surface area contributed by atoms with Crippen molar-refractivity contribution in [1.82, 2.24) is 0 Å². The van der Waals surface area contributed by atoms with Crippen molar-refractivity contribution in [3.05, 3.63) is 11.6 Å². The number of hydrogen-bond acceptors (Lipinski definition) is 5. The fraction of sp³-hybridized carbons (Fsp3) is 0.892. The molecule has 8 atom stereocenters. The minimum absolute atomic E-state index is 0.340. The molecule has 0 bridgehead atoms. The molecule has 4 aliphatic carbocycles. The van der Waals surface area contributed by atoms with Crippen LogP contribution in [0.5, 0.6) is 0 Å². The molecule has 42 heavy (non-hydrogen) atoms. The Bertz CT molecular complexity index is 878. The Hall–Kier alpha value is -1.06. The lowest BCUT2D eigenvalue weighted by atomic mass is 9.47. The highest BCUT2D eigenvalue weighted by molar-refractivity contribution is 5.25. The van der Waals surface area contributed by atoms with Gasteiger partial charge in [-0.25, -0.2) is 0 Å². The maximum Gasteiger partial charge on any atom is 0.123 e. The van der Waals surface area contributed by atoms with Crippen molar-refractivity contribution in [2.75, 3.05) is 52.9 Å². The Morgan fingerprint density at radius 3 is 2.21 bits per heavy atom. The third-order valence-electron chi connectivity index (χ3n) is 12.0. The van der Waals surface area contributed by atoms with E-state index in [0.29, 0.717) is 69.8 Å². The molecule has 3 saturated carbocycles. The summed E-state index contributed by atoms with van der Waals surface area (Å²) in [4.78, 5) is 0. The first-order chi connectivity index (χ1) is 20.3. The first kappa shape index (κ1) is 33.8. The summed E-state index contributed by atoms with van der Waals surface area (Å²) in [5, 5.41) is 0. The van der Waals surface area contributed by atoms with Crippen LogP contribution in [0.2, 0.25) is 0 Å². The molecule has 0 spiro atoms. The number of ether oxygens (including phenoxy) is 5. The predicted octanol–water partition coefficient (Wildman–Crippen LogP) is 8.07. The van der Waals surface area contributed by atoms with Gasteiger partial charge in [0.2, 0.25) is 0 Å². The molecule has 0 aliphatic heterocycles. The standard InChI is InChI=1S/C37H62O5/c1-7-38-19-20-39-21-22-40-23-24-41-25-26-42-31-15-17-36(5)30(27-31)11-12-32-34-14-13-33(29(4)10-8-9-28(2)3)37(34,6)18-16-35(32)36/h1,11,28-29,31-35H,8-10,12-27H2,2-6H3/t29-,31+,32+,33-,34+,35+,36+,37-/m1/s1. The molecule has 0 aromatic rings. The van der Waals surface area contributed by atoms with E-state index in [-0.39, 0.29) is 0 Å². The first-order valence-corrected chi connectivity index (χ1v) is 17.4. The lowest BCUT2D eigenvalue weighted by molar-refractivity contribution is -0.0691. The first-order valence-electron chi connectivity index (χ1n) is 17.4. The fourth-order valence-electron chi connectivity index (χ4n) is 9.77. The summed E-state index contributed by atoms with van der Waals surface area (Å²) in [6, 6.07) is 0. The second kappa shape index (κ2) is 16.3. The topological polar surface area (TPSA) is 46.2 Å². The van der Waals surface area contributed by atoms with E-state index in [9.17, 15) is 0 Å². The van der Waals surface area contributed by atoms with Gasteiger partial charge in [-0.15, -0.1) is 0 Å². The van der Waals surface area contributed by atoms with Crippen molar-refractivity contribution in [2.24, 2.45) is 46.3 Å². The van der Waals surface area contributed by atoms with Gasteiger partial charge in [0.25, 0.3) is 0 Å². The number of terminal acetylenes is 1. The molecule has 3 fully saturated rings. The number of allylic oxidation sites excluding steroid dienone is 1. The lowest BCUT2D eigenvalue weighted by Gasteiger charge is -2.58. The summed E-state index contributed by atoms with van der Waals surface area (Å²) in [6.45, 7) is 17.1. The zero-order valence-corrected chi connectivity index (χ0v) is 27.7. The van der Waals surface area contributed by atoms with Gasteiger partial charge in [-0.05, 0) is 97.7 Å². The Kier molecular flexibility index (Phi) is 13.1. The van der Waals surface area contributed by atoms with E-state index in [1.165, 1.54) is 64.2 Å². The molecule has 0 radical (unpaired) electrons. The van der Waals surface area contributed by atoms with Crippen molar-refractivity contribution in [3.8, 4) is 12.5 Å². The van der Waals surface area contributed by atoms with Crippen LogP contribution in [0.15, 0.2) is 11.6 Å². The van der Waals surface area contributed by atoms with Gasteiger partial charge in [-0.3, -0.25) is 0 Å². The molecular formula is C37H62O5. The van der Waals surface area contributed by atoms with Crippen LogP contribution in [0.4, 0.5) is 0 Å². The van der Waals surface area contributed by atoms with Crippen LogP contribution in [0.3, 0.4) is 0 Å². The fourth-order valence-corrected chi connectivity index (χ4v) is 9.77. The van der Waals surface area contributed by atoms with Gasteiger partial charge in [-0.1, -0.05) is 72.0 Å². The number of hydrogen-bond donors (Lipinski definition) is 0. The molecule has 240 valence electrons. The molecule has 0 aromatic carbocycles. The minimum Gasteiger partial charge on any atom is -0.444 e. The van der Waals surface area contributed by atoms with Crippen LogP contribution in [0, 0.1) is 58.9 Å². The molecule has 4 aliphatic rings. The monoisotopic (exact) mass is 586 g/mol. The highest BCUT2D eigenvalue weighted by atomic mass is 16.6. The summed E-state index contributed by atoms with van der Waals surface area (Å²) < 4.78 is 27.8. The zero-order chi connectivity index (χ0) is 30.0. The maximum atomic E-state index is 6.32. The van der Waals surface area contributed by atoms with Crippen molar-refractivity contribution in [1.29, 1.82) is 0 Å². The zero-order valence-electron chi connectivity index (χ0n) is 27.7. The Balaban J connectivity index is 1.16. The van der Waals surface area contributed by atoms with Crippen molar-refractivity contribution < 1.29 is 23.7 Å². The van der Waals surface area contributed by atoms with E-state index in [4.69, 9.17) is 30.1 Å². The van der Waals surface area contributed by atoms with Gasteiger partial charge in [0.1, 0.15) is 12.7 Å². The number of rotatable bonds is 18. The molecule has 0 heterocycles. The Morgan fingerprint density at radius 2 is 1.52 bits per heavy atom. The van der Waals surface area contributed by atoms with E-state index in [2.05, 4.69) is 46.8 Å². The highest BCUT2D eigenvalue weighted by Gasteiger charge is 2.59. The quantitative estimate of drug-likeness (QED) is 0.0923. The van der Waals surface area contributed by atoms with Gasteiger partial charge in [0, 0.05) is 0 Å². The average molecular weight is 587 g/mol. The van der Waals surface area contributed by atoms with Crippen molar-refractivity contribution in [2.45, 2.75) is 111 Å². The van der Waals surface area contributed by atoms with Crippen LogP contribution in [0.25, 0.3) is 0 Å². The van der Waals surface area contributed by atoms with E-state index in [0.717, 1.165) is 41.9 Å². The van der Waals surface area contributed by atoms with Crippen LogP contribution < -0.4 is 0 Å². The molecule has 0 saturated heterocycles. The Morgan fingerprint density at radius 1 is 0.833 bits per heavy atom. The summed E-state index contributed by atoms with van der Waals surface area (Å²) >= 11 is 0. The summed E-state index contributed by atoms with van der Waals surface area (Å²) in [7, 11) is 0. The molecule has 4 rings (SSSR count).